The SMILES string of the molecule is CC1(C)OB(c2ccc(NC(=O)C3CCCCC3)cc2F)OC1(C)C. The zero-order valence-electron chi connectivity index (χ0n) is 15.5. The molecule has 2 fully saturated rings. The van der Waals surface area contributed by atoms with Gasteiger partial charge in [0.1, 0.15) is 5.82 Å². The van der Waals surface area contributed by atoms with Crippen molar-refractivity contribution in [3.63, 3.8) is 0 Å². The number of hydrogen-bond acceptors (Lipinski definition) is 3. The summed E-state index contributed by atoms with van der Waals surface area (Å²) in [4.78, 5) is 12.3. The van der Waals surface area contributed by atoms with Crippen LogP contribution in [0.1, 0.15) is 59.8 Å². The van der Waals surface area contributed by atoms with Gasteiger partial charge in [-0.3, -0.25) is 4.79 Å². The molecular formula is C19H27BFNO3. The Balaban J connectivity index is 1.70. The van der Waals surface area contributed by atoms with Gasteiger partial charge in [0, 0.05) is 17.1 Å². The predicted molar refractivity (Wildman–Crippen MR) is 97.3 cm³/mol. The average molecular weight is 347 g/mol. The first-order chi connectivity index (χ1) is 11.7. The molecule has 1 aromatic carbocycles. The Morgan fingerprint density at radius 3 is 2.28 bits per heavy atom. The second-order valence-corrected chi connectivity index (χ2v) is 8.15. The van der Waals surface area contributed by atoms with Gasteiger partial charge < -0.3 is 14.6 Å². The van der Waals surface area contributed by atoms with Crippen molar-refractivity contribution in [1.82, 2.24) is 0 Å². The molecule has 0 atom stereocenters. The molecule has 1 saturated carbocycles. The highest BCUT2D eigenvalue weighted by atomic mass is 19.1. The van der Waals surface area contributed by atoms with Crippen LogP contribution in [0.25, 0.3) is 0 Å². The fourth-order valence-corrected chi connectivity index (χ4v) is 3.38. The van der Waals surface area contributed by atoms with E-state index in [0.29, 0.717) is 11.2 Å². The van der Waals surface area contributed by atoms with E-state index in [4.69, 9.17) is 9.31 Å². The van der Waals surface area contributed by atoms with Crippen LogP contribution in [0.15, 0.2) is 18.2 Å². The molecule has 3 rings (SSSR count). The molecule has 1 aromatic rings. The summed E-state index contributed by atoms with van der Waals surface area (Å²) in [5.41, 5.74) is -0.196. The van der Waals surface area contributed by atoms with Gasteiger partial charge in [0.15, 0.2) is 0 Å². The first-order valence-corrected chi connectivity index (χ1v) is 9.15. The molecule has 1 heterocycles. The Hall–Kier alpha value is -1.40. The summed E-state index contributed by atoms with van der Waals surface area (Å²) in [7, 11) is -0.743. The Morgan fingerprint density at radius 2 is 1.72 bits per heavy atom. The minimum Gasteiger partial charge on any atom is -0.399 e. The van der Waals surface area contributed by atoms with Crippen LogP contribution in [0.3, 0.4) is 0 Å². The zero-order chi connectivity index (χ0) is 18.2. The fraction of sp³-hybridized carbons (Fsp3) is 0.632. The summed E-state index contributed by atoms with van der Waals surface area (Å²) in [5, 5.41) is 2.84. The van der Waals surface area contributed by atoms with Crippen molar-refractivity contribution in [2.45, 2.75) is 71.0 Å². The number of carbonyl (C=O) groups excluding carboxylic acids is 1. The molecule has 1 saturated heterocycles. The Kier molecular flexibility index (Phi) is 4.95. The first kappa shape index (κ1) is 18.4. The van der Waals surface area contributed by atoms with Crippen molar-refractivity contribution in [3.8, 4) is 0 Å². The van der Waals surface area contributed by atoms with E-state index in [1.165, 1.54) is 12.5 Å². The molecule has 2 aliphatic rings. The standard InChI is InChI=1S/C19H27BFNO3/c1-18(2)19(3,4)25-20(24-18)15-11-10-14(12-16(15)21)22-17(23)13-8-6-5-7-9-13/h10-13H,5-9H2,1-4H3,(H,22,23). The van der Waals surface area contributed by atoms with Crippen LogP contribution in [-0.2, 0) is 14.1 Å². The number of halogens is 1. The summed E-state index contributed by atoms with van der Waals surface area (Å²) in [5.74, 6) is -0.401. The van der Waals surface area contributed by atoms with E-state index in [2.05, 4.69) is 5.32 Å². The molecule has 4 nitrogen and oxygen atoms in total. The summed E-state index contributed by atoms with van der Waals surface area (Å²) in [6, 6.07) is 4.69. The fourth-order valence-electron chi connectivity index (χ4n) is 3.38. The number of benzene rings is 1. The van der Waals surface area contributed by atoms with Crippen molar-refractivity contribution >= 4 is 24.2 Å². The van der Waals surface area contributed by atoms with Gasteiger partial charge >= 0.3 is 7.12 Å². The van der Waals surface area contributed by atoms with Gasteiger partial charge in [0.05, 0.1) is 11.2 Å². The van der Waals surface area contributed by atoms with Crippen LogP contribution in [0.5, 0.6) is 0 Å². The van der Waals surface area contributed by atoms with Gasteiger partial charge in [0.2, 0.25) is 5.91 Å². The lowest BCUT2D eigenvalue weighted by Gasteiger charge is -2.32. The van der Waals surface area contributed by atoms with E-state index < -0.39 is 24.1 Å². The number of hydrogen-bond donors (Lipinski definition) is 1. The highest BCUT2D eigenvalue weighted by molar-refractivity contribution is 6.62. The van der Waals surface area contributed by atoms with Gasteiger partial charge in [0.25, 0.3) is 0 Å². The average Bonchev–Trinajstić information content (AvgIpc) is 2.76. The molecule has 136 valence electrons. The van der Waals surface area contributed by atoms with Crippen molar-refractivity contribution in [2.24, 2.45) is 5.92 Å². The topological polar surface area (TPSA) is 47.6 Å². The monoisotopic (exact) mass is 347 g/mol. The molecule has 0 spiro atoms. The highest BCUT2D eigenvalue weighted by Crippen LogP contribution is 2.36. The summed E-state index contributed by atoms with van der Waals surface area (Å²) < 4.78 is 26.4. The van der Waals surface area contributed by atoms with Crippen LogP contribution < -0.4 is 10.8 Å². The van der Waals surface area contributed by atoms with E-state index in [1.54, 1.807) is 12.1 Å². The summed E-state index contributed by atoms with van der Waals surface area (Å²) in [6.45, 7) is 7.74. The second kappa shape index (κ2) is 6.73. The van der Waals surface area contributed by atoms with Crippen molar-refractivity contribution < 1.29 is 18.5 Å². The number of anilines is 1. The van der Waals surface area contributed by atoms with E-state index in [9.17, 15) is 9.18 Å². The lowest BCUT2D eigenvalue weighted by atomic mass is 9.78. The van der Waals surface area contributed by atoms with Crippen LogP contribution in [0.2, 0.25) is 0 Å². The van der Waals surface area contributed by atoms with Gasteiger partial charge in [-0.1, -0.05) is 25.3 Å². The smallest absolute Gasteiger partial charge is 0.399 e. The lowest BCUT2D eigenvalue weighted by molar-refractivity contribution is -0.120. The molecular weight excluding hydrogens is 320 g/mol. The molecule has 1 aliphatic carbocycles. The van der Waals surface area contributed by atoms with E-state index >= 15 is 0 Å². The number of rotatable bonds is 3. The number of carbonyl (C=O) groups is 1. The molecule has 25 heavy (non-hydrogen) atoms. The van der Waals surface area contributed by atoms with Crippen LogP contribution in [-0.4, -0.2) is 24.2 Å². The molecule has 0 bridgehead atoms. The van der Waals surface area contributed by atoms with Gasteiger partial charge in [-0.05, 0) is 52.7 Å². The Bertz CT molecular complexity index is 640. The van der Waals surface area contributed by atoms with Crippen LogP contribution in [0, 0.1) is 11.7 Å². The van der Waals surface area contributed by atoms with Crippen molar-refractivity contribution in [1.29, 1.82) is 0 Å². The number of amides is 1. The summed E-state index contributed by atoms with van der Waals surface area (Å²) >= 11 is 0. The quantitative estimate of drug-likeness (QED) is 0.850. The molecule has 0 radical (unpaired) electrons. The first-order valence-electron chi connectivity index (χ1n) is 9.15. The minimum absolute atomic E-state index is 0.0116. The lowest BCUT2D eigenvalue weighted by Crippen LogP contribution is -2.41. The Labute approximate surface area is 149 Å². The van der Waals surface area contributed by atoms with Crippen LogP contribution >= 0.6 is 0 Å². The molecule has 0 aromatic heterocycles. The molecule has 6 heteroatoms. The normalized spacial score (nSPS) is 22.8. The van der Waals surface area contributed by atoms with Gasteiger partial charge in [-0.2, -0.15) is 0 Å². The van der Waals surface area contributed by atoms with E-state index in [1.807, 2.05) is 27.7 Å². The van der Waals surface area contributed by atoms with Crippen LogP contribution in [0.4, 0.5) is 10.1 Å². The third kappa shape index (κ3) is 3.75. The maximum Gasteiger partial charge on any atom is 0.497 e. The minimum atomic E-state index is -0.743. The van der Waals surface area contributed by atoms with Crippen molar-refractivity contribution in [2.75, 3.05) is 5.32 Å². The third-order valence-electron chi connectivity index (χ3n) is 5.75. The highest BCUT2D eigenvalue weighted by Gasteiger charge is 2.52. The van der Waals surface area contributed by atoms with Gasteiger partial charge in [-0.15, -0.1) is 0 Å². The Morgan fingerprint density at radius 1 is 1.12 bits per heavy atom. The zero-order valence-corrected chi connectivity index (χ0v) is 15.5. The molecule has 0 unspecified atom stereocenters. The second-order valence-electron chi connectivity index (χ2n) is 8.15. The molecule has 1 aliphatic heterocycles. The predicted octanol–water partition coefficient (Wildman–Crippen LogP) is 3.64. The van der Waals surface area contributed by atoms with Crippen molar-refractivity contribution in [3.05, 3.63) is 24.0 Å². The van der Waals surface area contributed by atoms with E-state index in [0.717, 1.165) is 25.7 Å². The summed E-state index contributed by atoms with van der Waals surface area (Å²) in [6.07, 6.45) is 5.21. The largest absolute Gasteiger partial charge is 0.497 e. The molecule has 1 N–H and O–H groups in total. The maximum absolute atomic E-state index is 14.6. The van der Waals surface area contributed by atoms with Gasteiger partial charge in [-0.25, -0.2) is 4.39 Å². The maximum atomic E-state index is 14.6. The molecule has 1 amide bonds. The van der Waals surface area contributed by atoms with E-state index in [-0.39, 0.29) is 11.8 Å². The third-order valence-corrected chi connectivity index (χ3v) is 5.75. The number of nitrogens with one attached hydrogen (secondary N) is 1.